The van der Waals surface area contributed by atoms with E-state index in [2.05, 4.69) is 36.4 Å². The average Bonchev–Trinajstić information content (AvgIpc) is 2.66. The zero-order chi connectivity index (χ0) is 18.5. The molecule has 1 aliphatic rings. The van der Waals surface area contributed by atoms with Gasteiger partial charge in [-0.2, -0.15) is 0 Å². The van der Waals surface area contributed by atoms with Gasteiger partial charge >= 0.3 is 0 Å². The Bertz CT molecular complexity index is 850. The van der Waals surface area contributed by atoms with Crippen LogP contribution in [0.2, 0.25) is 0 Å². The van der Waals surface area contributed by atoms with Crippen molar-refractivity contribution in [3.05, 3.63) is 94.2 Å². The number of primary amides is 1. The highest BCUT2D eigenvalue weighted by molar-refractivity contribution is 5.93. The van der Waals surface area contributed by atoms with E-state index in [9.17, 15) is 4.79 Å². The fraction of sp³-hybridized carbons (Fsp3) is 0.261. The summed E-state index contributed by atoms with van der Waals surface area (Å²) in [5.74, 6) is 0.0802. The molecule has 26 heavy (non-hydrogen) atoms. The van der Waals surface area contributed by atoms with Crippen molar-refractivity contribution >= 4 is 5.91 Å². The molecule has 3 rings (SSSR count). The van der Waals surface area contributed by atoms with E-state index in [1.54, 1.807) is 0 Å². The number of rotatable bonds is 5. The van der Waals surface area contributed by atoms with Crippen LogP contribution in [-0.4, -0.2) is 5.91 Å². The fourth-order valence-electron chi connectivity index (χ4n) is 3.64. The summed E-state index contributed by atoms with van der Waals surface area (Å²) in [6.07, 6.45) is 5.50. The van der Waals surface area contributed by atoms with E-state index >= 15 is 0 Å². The normalized spacial score (nSPS) is 18.0. The summed E-state index contributed by atoms with van der Waals surface area (Å²) in [5.41, 5.74) is 17.7. The van der Waals surface area contributed by atoms with Crippen LogP contribution in [0.1, 0.15) is 41.9 Å². The molecule has 2 aromatic rings. The highest BCUT2D eigenvalue weighted by Gasteiger charge is 2.20. The van der Waals surface area contributed by atoms with Gasteiger partial charge in [0.2, 0.25) is 5.91 Å². The standard InChI is InChI=1S/C23H26N2O/c1-16-6-5-7-17(14-16)15-21(23(25)26)22(24)20-12-10-19(11-13-20)18-8-3-2-4-9-18/h2-9,12,14,19H,10-11,13,15,24H2,1H3,(H2,25,26)/b22-21-. The van der Waals surface area contributed by atoms with E-state index in [1.807, 2.05) is 31.2 Å². The predicted molar refractivity (Wildman–Crippen MR) is 106 cm³/mol. The molecule has 0 saturated carbocycles. The van der Waals surface area contributed by atoms with Crippen LogP contribution >= 0.6 is 0 Å². The monoisotopic (exact) mass is 346 g/mol. The molecule has 2 aromatic carbocycles. The Hall–Kier alpha value is -2.81. The summed E-state index contributed by atoms with van der Waals surface area (Å²) in [6, 6.07) is 18.6. The van der Waals surface area contributed by atoms with Gasteiger partial charge in [-0.1, -0.05) is 66.2 Å². The van der Waals surface area contributed by atoms with Crippen molar-refractivity contribution < 1.29 is 4.79 Å². The Balaban J connectivity index is 1.81. The van der Waals surface area contributed by atoms with E-state index in [0.717, 1.165) is 36.0 Å². The molecule has 0 radical (unpaired) electrons. The van der Waals surface area contributed by atoms with E-state index in [0.29, 0.717) is 23.6 Å². The van der Waals surface area contributed by atoms with Crippen LogP contribution in [0.5, 0.6) is 0 Å². The molecule has 1 aliphatic carbocycles. The van der Waals surface area contributed by atoms with Gasteiger partial charge in [0.1, 0.15) is 0 Å². The van der Waals surface area contributed by atoms with Crippen molar-refractivity contribution in [3.63, 3.8) is 0 Å². The highest BCUT2D eigenvalue weighted by atomic mass is 16.1. The zero-order valence-corrected chi connectivity index (χ0v) is 15.2. The first-order valence-electron chi connectivity index (χ1n) is 9.13. The predicted octanol–water partition coefficient (Wildman–Crippen LogP) is 4.13. The van der Waals surface area contributed by atoms with Gasteiger partial charge in [-0.3, -0.25) is 4.79 Å². The fourth-order valence-corrected chi connectivity index (χ4v) is 3.64. The summed E-state index contributed by atoms with van der Waals surface area (Å²) in [4.78, 5) is 12.0. The lowest BCUT2D eigenvalue weighted by Crippen LogP contribution is -2.22. The van der Waals surface area contributed by atoms with Crippen molar-refractivity contribution in [1.29, 1.82) is 0 Å². The first-order chi connectivity index (χ1) is 12.5. The van der Waals surface area contributed by atoms with Gasteiger partial charge in [0.05, 0.1) is 0 Å². The van der Waals surface area contributed by atoms with Crippen LogP contribution in [-0.2, 0) is 11.2 Å². The minimum Gasteiger partial charge on any atom is -0.398 e. The Labute approximate surface area is 155 Å². The molecule has 3 nitrogen and oxygen atoms in total. The van der Waals surface area contributed by atoms with Gasteiger partial charge in [0.25, 0.3) is 0 Å². The lowest BCUT2D eigenvalue weighted by atomic mass is 9.83. The second kappa shape index (κ2) is 8.05. The lowest BCUT2D eigenvalue weighted by Gasteiger charge is -2.23. The second-order valence-corrected chi connectivity index (χ2v) is 7.03. The lowest BCUT2D eigenvalue weighted by molar-refractivity contribution is -0.114. The van der Waals surface area contributed by atoms with Crippen molar-refractivity contribution in [2.24, 2.45) is 11.5 Å². The molecule has 134 valence electrons. The van der Waals surface area contributed by atoms with E-state index in [4.69, 9.17) is 11.5 Å². The first-order valence-corrected chi connectivity index (χ1v) is 9.13. The number of aryl methyl sites for hydroxylation is 1. The van der Waals surface area contributed by atoms with Gasteiger partial charge in [-0.25, -0.2) is 0 Å². The Morgan fingerprint density at radius 1 is 1.08 bits per heavy atom. The highest BCUT2D eigenvalue weighted by Crippen LogP contribution is 2.34. The van der Waals surface area contributed by atoms with E-state index in [1.165, 1.54) is 5.56 Å². The van der Waals surface area contributed by atoms with Gasteiger partial charge in [-0.15, -0.1) is 0 Å². The van der Waals surface area contributed by atoms with Crippen molar-refractivity contribution in [3.8, 4) is 0 Å². The quantitative estimate of drug-likeness (QED) is 0.799. The molecule has 1 unspecified atom stereocenters. The average molecular weight is 346 g/mol. The second-order valence-electron chi connectivity index (χ2n) is 7.03. The number of allylic oxidation sites excluding steroid dienone is 2. The van der Waals surface area contributed by atoms with E-state index in [-0.39, 0.29) is 0 Å². The Morgan fingerprint density at radius 3 is 2.46 bits per heavy atom. The summed E-state index contributed by atoms with van der Waals surface area (Å²) >= 11 is 0. The molecule has 1 atom stereocenters. The van der Waals surface area contributed by atoms with Gasteiger partial charge in [0.15, 0.2) is 0 Å². The summed E-state index contributed by atoms with van der Waals surface area (Å²) in [6.45, 7) is 2.04. The molecular formula is C23H26N2O. The van der Waals surface area contributed by atoms with Gasteiger partial charge in [0, 0.05) is 17.7 Å². The third-order valence-corrected chi connectivity index (χ3v) is 5.11. The number of nitrogens with two attached hydrogens (primary N) is 2. The van der Waals surface area contributed by atoms with Crippen molar-refractivity contribution in [2.75, 3.05) is 0 Å². The minimum atomic E-state index is -0.435. The molecule has 3 heteroatoms. The minimum absolute atomic E-state index is 0.435. The summed E-state index contributed by atoms with van der Waals surface area (Å²) in [5, 5.41) is 0. The molecule has 0 aliphatic heterocycles. The largest absolute Gasteiger partial charge is 0.398 e. The molecule has 0 spiro atoms. The van der Waals surface area contributed by atoms with Crippen LogP contribution in [0, 0.1) is 6.92 Å². The number of hydrogen-bond acceptors (Lipinski definition) is 2. The van der Waals surface area contributed by atoms with Crippen molar-refractivity contribution in [2.45, 2.75) is 38.5 Å². The Kier molecular flexibility index (Phi) is 5.57. The zero-order valence-electron chi connectivity index (χ0n) is 15.2. The number of carbonyl (C=O) groups is 1. The number of benzene rings is 2. The number of hydrogen-bond donors (Lipinski definition) is 2. The maximum absolute atomic E-state index is 12.0. The van der Waals surface area contributed by atoms with Gasteiger partial charge < -0.3 is 11.5 Å². The third kappa shape index (κ3) is 4.23. The first kappa shape index (κ1) is 18.0. The van der Waals surface area contributed by atoms with E-state index < -0.39 is 5.91 Å². The van der Waals surface area contributed by atoms with Crippen LogP contribution in [0.3, 0.4) is 0 Å². The third-order valence-electron chi connectivity index (χ3n) is 5.11. The molecule has 0 heterocycles. The SMILES string of the molecule is Cc1cccc(C/C(C(N)=O)=C(/N)C2=CCC(c3ccccc3)CC2)c1. The molecule has 1 amide bonds. The van der Waals surface area contributed by atoms with Gasteiger partial charge in [-0.05, 0) is 48.8 Å². The summed E-state index contributed by atoms with van der Waals surface area (Å²) < 4.78 is 0. The van der Waals surface area contributed by atoms with Crippen LogP contribution in [0.4, 0.5) is 0 Å². The van der Waals surface area contributed by atoms with Crippen LogP contribution in [0.15, 0.2) is 77.5 Å². The molecule has 0 bridgehead atoms. The molecule has 4 N–H and O–H groups in total. The Morgan fingerprint density at radius 2 is 1.85 bits per heavy atom. The molecule has 0 fully saturated rings. The van der Waals surface area contributed by atoms with Crippen LogP contribution < -0.4 is 11.5 Å². The molecule has 0 aromatic heterocycles. The van der Waals surface area contributed by atoms with Crippen molar-refractivity contribution in [1.82, 2.24) is 0 Å². The molecule has 0 saturated heterocycles. The topological polar surface area (TPSA) is 69.1 Å². The smallest absolute Gasteiger partial charge is 0.247 e. The maximum Gasteiger partial charge on any atom is 0.247 e. The van der Waals surface area contributed by atoms with Crippen LogP contribution in [0.25, 0.3) is 0 Å². The number of amides is 1. The molecular weight excluding hydrogens is 320 g/mol. The number of carbonyl (C=O) groups excluding carboxylic acids is 1. The summed E-state index contributed by atoms with van der Waals surface area (Å²) in [7, 11) is 0. The maximum atomic E-state index is 12.0.